The second kappa shape index (κ2) is 8.41. The molecule has 28 heavy (non-hydrogen) atoms. The summed E-state index contributed by atoms with van der Waals surface area (Å²) in [5.74, 6) is 0.155. The van der Waals surface area contributed by atoms with Crippen LogP contribution in [-0.2, 0) is 17.8 Å². The molecule has 3 aromatic rings. The zero-order valence-electron chi connectivity index (χ0n) is 16.3. The average molecular weight is 370 g/mol. The Labute approximate surface area is 167 Å². The molecule has 0 aromatic heterocycles. The summed E-state index contributed by atoms with van der Waals surface area (Å²) in [6, 6.07) is 27.3. The van der Waals surface area contributed by atoms with Gasteiger partial charge in [0.25, 0.3) is 0 Å². The molecule has 4 rings (SSSR count). The number of carbonyl (C=O) groups excluding carboxylic acids is 1. The van der Waals surface area contributed by atoms with Gasteiger partial charge in [-0.1, -0.05) is 84.4 Å². The van der Waals surface area contributed by atoms with Gasteiger partial charge < -0.3 is 4.90 Å². The minimum Gasteiger partial charge on any atom is -0.337 e. The van der Waals surface area contributed by atoms with Gasteiger partial charge in [0.1, 0.15) is 0 Å². The summed E-state index contributed by atoms with van der Waals surface area (Å²) in [4.78, 5) is 14.9. The van der Waals surface area contributed by atoms with Crippen LogP contribution in [0.4, 0.5) is 0 Å². The molecule has 0 spiro atoms. The SMILES string of the molecule is Cc1ccc([C@H](NCC(=O)N2CCc3ccccc3C2)c2ccccc2)cc1. The molecule has 1 atom stereocenters. The van der Waals surface area contributed by atoms with Crippen molar-refractivity contribution in [3.05, 3.63) is 107 Å². The van der Waals surface area contributed by atoms with Crippen LogP contribution >= 0.6 is 0 Å². The Morgan fingerprint density at radius 3 is 2.29 bits per heavy atom. The predicted octanol–water partition coefficient (Wildman–Crippen LogP) is 4.26. The van der Waals surface area contributed by atoms with Crippen molar-refractivity contribution < 1.29 is 4.79 Å². The molecule has 3 nitrogen and oxygen atoms in total. The van der Waals surface area contributed by atoms with Crippen LogP contribution < -0.4 is 5.32 Å². The van der Waals surface area contributed by atoms with E-state index in [9.17, 15) is 4.79 Å². The first kappa shape index (κ1) is 18.5. The van der Waals surface area contributed by atoms with Gasteiger partial charge in [0.2, 0.25) is 5.91 Å². The molecular weight excluding hydrogens is 344 g/mol. The monoisotopic (exact) mass is 370 g/mol. The van der Waals surface area contributed by atoms with Gasteiger partial charge in [-0.15, -0.1) is 0 Å². The Hall–Kier alpha value is -2.91. The highest BCUT2D eigenvalue weighted by atomic mass is 16.2. The highest BCUT2D eigenvalue weighted by Crippen LogP contribution is 2.23. The van der Waals surface area contributed by atoms with Gasteiger partial charge in [0, 0.05) is 13.1 Å². The van der Waals surface area contributed by atoms with Gasteiger partial charge in [-0.3, -0.25) is 10.1 Å². The maximum absolute atomic E-state index is 12.9. The number of carbonyl (C=O) groups is 1. The number of hydrogen-bond acceptors (Lipinski definition) is 2. The van der Waals surface area contributed by atoms with Crippen LogP contribution in [0.25, 0.3) is 0 Å². The van der Waals surface area contributed by atoms with E-state index in [4.69, 9.17) is 0 Å². The molecule has 3 heteroatoms. The molecule has 0 aliphatic carbocycles. The van der Waals surface area contributed by atoms with E-state index in [1.165, 1.54) is 27.8 Å². The van der Waals surface area contributed by atoms with Gasteiger partial charge in [-0.05, 0) is 35.6 Å². The van der Waals surface area contributed by atoms with Crippen LogP contribution in [0, 0.1) is 6.92 Å². The first-order chi connectivity index (χ1) is 13.7. The summed E-state index contributed by atoms with van der Waals surface area (Å²) in [6.45, 7) is 3.91. The summed E-state index contributed by atoms with van der Waals surface area (Å²) >= 11 is 0. The Morgan fingerprint density at radius 1 is 0.893 bits per heavy atom. The van der Waals surface area contributed by atoms with E-state index in [1.807, 2.05) is 29.2 Å². The molecule has 1 aliphatic heterocycles. The second-order valence-corrected chi connectivity index (χ2v) is 7.47. The van der Waals surface area contributed by atoms with Crippen molar-refractivity contribution in [3.63, 3.8) is 0 Å². The van der Waals surface area contributed by atoms with Gasteiger partial charge in [-0.25, -0.2) is 0 Å². The van der Waals surface area contributed by atoms with E-state index < -0.39 is 0 Å². The molecule has 0 radical (unpaired) electrons. The normalized spacial score (nSPS) is 14.4. The number of nitrogens with one attached hydrogen (secondary N) is 1. The Morgan fingerprint density at radius 2 is 1.54 bits per heavy atom. The van der Waals surface area contributed by atoms with Crippen LogP contribution in [0.1, 0.15) is 33.9 Å². The molecule has 1 amide bonds. The smallest absolute Gasteiger partial charge is 0.236 e. The number of benzene rings is 3. The van der Waals surface area contributed by atoms with Crippen LogP contribution in [0.5, 0.6) is 0 Å². The van der Waals surface area contributed by atoms with Gasteiger partial charge in [-0.2, -0.15) is 0 Å². The number of fused-ring (bicyclic) bond motifs is 1. The number of aryl methyl sites for hydroxylation is 1. The summed E-state index contributed by atoms with van der Waals surface area (Å²) in [5, 5.41) is 3.50. The average Bonchev–Trinajstić information content (AvgIpc) is 2.75. The third kappa shape index (κ3) is 4.15. The molecule has 0 saturated carbocycles. The van der Waals surface area contributed by atoms with Gasteiger partial charge in [0.15, 0.2) is 0 Å². The topological polar surface area (TPSA) is 32.3 Å². The first-order valence-electron chi connectivity index (χ1n) is 9.90. The van der Waals surface area contributed by atoms with Crippen LogP contribution in [-0.4, -0.2) is 23.9 Å². The molecule has 3 aromatic carbocycles. The number of hydrogen-bond donors (Lipinski definition) is 1. The third-order valence-corrected chi connectivity index (χ3v) is 5.48. The van der Waals surface area contributed by atoms with E-state index in [-0.39, 0.29) is 11.9 Å². The lowest BCUT2D eigenvalue weighted by molar-refractivity contribution is -0.131. The van der Waals surface area contributed by atoms with Crippen molar-refractivity contribution in [2.24, 2.45) is 0 Å². The molecule has 1 heterocycles. The lowest BCUT2D eigenvalue weighted by atomic mass is 9.97. The number of nitrogens with zero attached hydrogens (tertiary/aromatic N) is 1. The standard InChI is InChI=1S/C25H26N2O/c1-19-11-13-22(14-12-19)25(21-8-3-2-4-9-21)26-17-24(28)27-16-15-20-7-5-6-10-23(20)18-27/h2-14,25-26H,15-18H2,1H3/t25-/m1/s1. The van der Waals surface area contributed by atoms with Crippen molar-refractivity contribution >= 4 is 5.91 Å². The van der Waals surface area contributed by atoms with E-state index in [1.54, 1.807) is 0 Å². The fourth-order valence-corrected chi connectivity index (χ4v) is 3.84. The van der Waals surface area contributed by atoms with Gasteiger partial charge in [0.05, 0.1) is 12.6 Å². The molecule has 0 saturated heterocycles. The maximum Gasteiger partial charge on any atom is 0.236 e. The molecular formula is C25H26N2O. The Kier molecular flexibility index (Phi) is 5.54. The zero-order valence-corrected chi connectivity index (χ0v) is 16.3. The molecule has 1 N–H and O–H groups in total. The third-order valence-electron chi connectivity index (χ3n) is 5.48. The zero-order chi connectivity index (χ0) is 19.3. The van der Waals surface area contributed by atoms with Crippen molar-refractivity contribution in [2.75, 3.05) is 13.1 Å². The first-order valence-corrected chi connectivity index (χ1v) is 9.90. The van der Waals surface area contributed by atoms with Crippen molar-refractivity contribution in [1.82, 2.24) is 10.2 Å². The maximum atomic E-state index is 12.9. The minimum atomic E-state index is 0.00262. The Bertz CT molecular complexity index is 934. The fourth-order valence-electron chi connectivity index (χ4n) is 3.84. The van der Waals surface area contributed by atoms with E-state index >= 15 is 0 Å². The number of amides is 1. The van der Waals surface area contributed by atoms with E-state index in [0.717, 1.165) is 13.0 Å². The largest absolute Gasteiger partial charge is 0.337 e. The summed E-state index contributed by atoms with van der Waals surface area (Å²) in [5.41, 5.74) is 6.21. The second-order valence-electron chi connectivity index (χ2n) is 7.47. The van der Waals surface area contributed by atoms with Crippen molar-refractivity contribution in [3.8, 4) is 0 Å². The predicted molar refractivity (Wildman–Crippen MR) is 113 cm³/mol. The lowest BCUT2D eigenvalue weighted by Gasteiger charge is -2.30. The summed E-state index contributed by atoms with van der Waals surface area (Å²) < 4.78 is 0. The lowest BCUT2D eigenvalue weighted by Crippen LogP contribution is -2.42. The minimum absolute atomic E-state index is 0.00262. The van der Waals surface area contributed by atoms with Crippen LogP contribution in [0.3, 0.4) is 0 Å². The van der Waals surface area contributed by atoms with Crippen LogP contribution in [0.2, 0.25) is 0 Å². The number of rotatable bonds is 5. The molecule has 0 fully saturated rings. The highest BCUT2D eigenvalue weighted by molar-refractivity contribution is 5.78. The molecule has 142 valence electrons. The Balaban J connectivity index is 1.47. The van der Waals surface area contributed by atoms with Crippen molar-refractivity contribution in [1.29, 1.82) is 0 Å². The molecule has 1 aliphatic rings. The van der Waals surface area contributed by atoms with E-state index in [0.29, 0.717) is 13.1 Å². The van der Waals surface area contributed by atoms with Crippen LogP contribution in [0.15, 0.2) is 78.9 Å². The fraction of sp³-hybridized carbons (Fsp3) is 0.240. The molecule has 0 bridgehead atoms. The quantitative estimate of drug-likeness (QED) is 0.728. The summed E-state index contributed by atoms with van der Waals surface area (Å²) in [7, 11) is 0. The van der Waals surface area contributed by atoms with E-state index in [2.05, 4.69) is 66.8 Å². The van der Waals surface area contributed by atoms with Gasteiger partial charge >= 0.3 is 0 Å². The van der Waals surface area contributed by atoms with Crippen molar-refractivity contribution in [2.45, 2.75) is 25.9 Å². The summed E-state index contributed by atoms with van der Waals surface area (Å²) in [6.07, 6.45) is 0.933. The molecule has 0 unspecified atom stereocenters. The highest BCUT2D eigenvalue weighted by Gasteiger charge is 2.22.